The van der Waals surface area contributed by atoms with E-state index in [0.29, 0.717) is 18.4 Å². The van der Waals surface area contributed by atoms with E-state index in [1.54, 1.807) is 0 Å². The number of nitrogens with zero attached hydrogens (tertiary/aromatic N) is 2. The third-order valence-electron chi connectivity index (χ3n) is 5.09. The van der Waals surface area contributed by atoms with Crippen LogP contribution in [0, 0.1) is 5.92 Å². The molecule has 1 atom stereocenters. The fourth-order valence-electron chi connectivity index (χ4n) is 3.48. The topological polar surface area (TPSA) is 60.2 Å². The molecule has 0 aromatic carbocycles. The Labute approximate surface area is 126 Å². The summed E-state index contributed by atoms with van der Waals surface area (Å²) in [6.45, 7) is 7.04. The van der Waals surface area contributed by atoms with E-state index in [0.717, 1.165) is 37.6 Å². The van der Waals surface area contributed by atoms with Gasteiger partial charge in [0, 0.05) is 12.5 Å². The molecule has 0 amide bonds. The van der Waals surface area contributed by atoms with Crippen LogP contribution in [0.3, 0.4) is 0 Å². The first-order valence-corrected chi connectivity index (χ1v) is 8.44. The summed E-state index contributed by atoms with van der Waals surface area (Å²) >= 11 is 0. The Morgan fingerprint density at radius 3 is 2.57 bits per heavy atom. The van der Waals surface area contributed by atoms with Gasteiger partial charge in [0.15, 0.2) is 0 Å². The molecule has 1 unspecified atom stereocenters. The van der Waals surface area contributed by atoms with E-state index in [9.17, 15) is 0 Å². The second-order valence-corrected chi connectivity index (χ2v) is 6.50. The smallest absolute Gasteiger partial charge is 0.229 e. The van der Waals surface area contributed by atoms with Gasteiger partial charge >= 0.3 is 0 Å². The monoisotopic (exact) mass is 293 g/mol. The zero-order valence-electron chi connectivity index (χ0n) is 13.2. The maximum absolute atomic E-state index is 6.13. The van der Waals surface area contributed by atoms with Crippen molar-refractivity contribution in [2.75, 3.05) is 19.7 Å². The number of hydrogen-bond acceptors (Lipinski definition) is 5. The van der Waals surface area contributed by atoms with E-state index in [1.807, 2.05) is 0 Å². The van der Waals surface area contributed by atoms with Crippen LogP contribution in [-0.4, -0.2) is 29.8 Å². The van der Waals surface area contributed by atoms with E-state index in [2.05, 4.69) is 24.3 Å². The molecule has 5 heteroatoms. The van der Waals surface area contributed by atoms with Crippen molar-refractivity contribution in [3.8, 4) is 0 Å². The zero-order chi connectivity index (χ0) is 14.7. The molecule has 0 bridgehead atoms. The lowest BCUT2D eigenvalue weighted by molar-refractivity contribution is -0.0636. The predicted molar refractivity (Wildman–Crippen MR) is 80.1 cm³/mol. The molecule has 1 saturated carbocycles. The van der Waals surface area contributed by atoms with Crippen LogP contribution in [0.15, 0.2) is 4.52 Å². The number of nitrogens with one attached hydrogen (secondary N) is 1. The molecular weight excluding hydrogens is 266 g/mol. The van der Waals surface area contributed by atoms with Crippen LogP contribution in [0.4, 0.5) is 0 Å². The largest absolute Gasteiger partial charge is 0.367 e. The van der Waals surface area contributed by atoms with Gasteiger partial charge in [-0.05, 0) is 38.8 Å². The summed E-state index contributed by atoms with van der Waals surface area (Å²) in [5.41, 5.74) is -0.315. The van der Waals surface area contributed by atoms with Gasteiger partial charge in [-0.3, -0.25) is 0 Å². The highest BCUT2D eigenvalue weighted by Gasteiger charge is 2.39. The zero-order valence-corrected chi connectivity index (χ0v) is 13.2. The van der Waals surface area contributed by atoms with Crippen LogP contribution in [0.2, 0.25) is 0 Å². The first-order valence-electron chi connectivity index (χ1n) is 8.44. The van der Waals surface area contributed by atoms with Crippen molar-refractivity contribution < 1.29 is 9.26 Å². The van der Waals surface area contributed by atoms with Crippen LogP contribution in [0.5, 0.6) is 0 Å². The maximum Gasteiger partial charge on any atom is 0.229 e. The second kappa shape index (κ2) is 6.44. The molecule has 1 aliphatic heterocycles. The minimum atomic E-state index is -0.315. The van der Waals surface area contributed by atoms with E-state index < -0.39 is 0 Å². The SMILES string of the molecule is CCOC1(c2noc(C(C)C3CNC3)n2)CCCCCC1. The van der Waals surface area contributed by atoms with E-state index in [-0.39, 0.29) is 5.60 Å². The van der Waals surface area contributed by atoms with Crippen LogP contribution in [-0.2, 0) is 10.3 Å². The molecule has 2 aliphatic rings. The van der Waals surface area contributed by atoms with Crippen molar-refractivity contribution in [2.24, 2.45) is 5.92 Å². The summed E-state index contributed by atoms with van der Waals surface area (Å²) in [4.78, 5) is 4.74. The Morgan fingerprint density at radius 1 is 1.29 bits per heavy atom. The van der Waals surface area contributed by atoms with Gasteiger partial charge in [0.2, 0.25) is 11.7 Å². The molecule has 2 heterocycles. The number of aromatic nitrogens is 2. The molecule has 3 rings (SSSR count). The van der Waals surface area contributed by atoms with Gasteiger partial charge in [0.05, 0.1) is 0 Å². The fourth-order valence-corrected chi connectivity index (χ4v) is 3.48. The Kier molecular flexibility index (Phi) is 4.60. The number of hydrogen-bond donors (Lipinski definition) is 1. The molecule has 1 aromatic rings. The van der Waals surface area contributed by atoms with Gasteiger partial charge in [0.25, 0.3) is 0 Å². The minimum absolute atomic E-state index is 0.315. The van der Waals surface area contributed by atoms with Crippen molar-refractivity contribution in [1.82, 2.24) is 15.5 Å². The molecular formula is C16H27N3O2. The van der Waals surface area contributed by atoms with Gasteiger partial charge in [0.1, 0.15) is 5.60 Å². The molecule has 1 saturated heterocycles. The summed E-state index contributed by atoms with van der Waals surface area (Å²) in [7, 11) is 0. The second-order valence-electron chi connectivity index (χ2n) is 6.50. The lowest BCUT2D eigenvalue weighted by Crippen LogP contribution is -2.44. The van der Waals surface area contributed by atoms with E-state index in [1.165, 1.54) is 25.7 Å². The first-order chi connectivity index (χ1) is 10.2. The third kappa shape index (κ3) is 2.99. The Balaban J connectivity index is 1.80. The Hall–Kier alpha value is -0.940. The van der Waals surface area contributed by atoms with E-state index in [4.69, 9.17) is 14.2 Å². The highest BCUT2D eigenvalue weighted by atomic mass is 16.5. The average molecular weight is 293 g/mol. The number of ether oxygens (including phenoxy) is 1. The highest BCUT2D eigenvalue weighted by Crippen LogP contribution is 2.39. The summed E-state index contributed by atoms with van der Waals surface area (Å²) in [5.74, 6) is 2.51. The normalized spacial score (nSPS) is 24.3. The lowest BCUT2D eigenvalue weighted by atomic mass is 9.88. The predicted octanol–water partition coefficient (Wildman–Crippen LogP) is 2.98. The van der Waals surface area contributed by atoms with Crippen LogP contribution in [0.1, 0.15) is 70.0 Å². The quantitative estimate of drug-likeness (QED) is 0.846. The molecule has 118 valence electrons. The summed E-state index contributed by atoms with van der Waals surface area (Å²) in [5, 5.41) is 7.61. The van der Waals surface area contributed by atoms with Gasteiger partial charge in [-0.1, -0.05) is 37.8 Å². The summed E-state index contributed by atoms with van der Waals surface area (Å²) in [6.07, 6.45) is 6.96. The molecule has 5 nitrogen and oxygen atoms in total. The van der Waals surface area contributed by atoms with Gasteiger partial charge in [-0.25, -0.2) is 0 Å². The number of rotatable bonds is 5. The van der Waals surface area contributed by atoms with Crippen molar-refractivity contribution in [1.29, 1.82) is 0 Å². The van der Waals surface area contributed by atoms with Gasteiger partial charge in [-0.15, -0.1) is 0 Å². The standard InChI is InChI=1S/C16H27N3O2/c1-3-20-16(8-6-4-5-7-9-16)15-18-14(21-19-15)12(2)13-10-17-11-13/h12-13,17H,3-11H2,1-2H3. The summed E-state index contributed by atoms with van der Waals surface area (Å²) in [6, 6.07) is 0. The molecule has 2 fully saturated rings. The highest BCUT2D eigenvalue weighted by molar-refractivity contribution is 5.06. The van der Waals surface area contributed by atoms with Crippen molar-refractivity contribution in [3.63, 3.8) is 0 Å². The maximum atomic E-state index is 6.13. The lowest BCUT2D eigenvalue weighted by Gasteiger charge is -2.31. The van der Waals surface area contributed by atoms with Crippen molar-refractivity contribution in [3.05, 3.63) is 11.7 Å². The molecule has 1 aromatic heterocycles. The van der Waals surface area contributed by atoms with Crippen LogP contribution >= 0.6 is 0 Å². The minimum Gasteiger partial charge on any atom is -0.367 e. The molecule has 1 aliphatic carbocycles. The van der Waals surface area contributed by atoms with E-state index >= 15 is 0 Å². The molecule has 1 N–H and O–H groups in total. The third-order valence-corrected chi connectivity index (χ3v) is 5.09. The molecule has 0 spiro atoms. The molecule has 21 heavy (non-hydrogen) atoms. The molecule has 0 radical (unpaired) electrons. The summed E-state index contributed by atoms with van der Waals surface area (Å²) < 4.78 is 11.7. The Bertz CT molecular complexity index is 448. The Morgan fingerprint density at radius 2 is 2.00 bits per heavy atom. The average Bonchev–Trinajstić information content (AvgIpc) is 2.80. The fraction of sp³-hybridized carbons (Fsp3) is 0.875. The van der Waals surface area contributed by atoms with Crippen LogP contribution in [0.25, 0.3) is 0 Å². The van der Waals surface area contributed by atoms with Gasteiger partial charge < -0.3 is 14.6 Å². The first kappa shape index (κ1) is 15.0. The van der Waals surface area contributed by atoms with Crippen LogP contribution < -0.4 is 5.32 Å². The van der Waals surface area contributed by atoms with Crippen molar-refractivity contribution >= 4 is 0 Å². The van der Waals surface area contributed by atoms with Crippen molar-refractivity contribution in [2.45, 2.75) is 63.9 Å². The van der Waals surface area contributed by atoms with Gasteiger partial charge in [-0.2, -0.15) is 4.98 Å².